The molecule has 0 aliphatic rings. The number of halogens is 1. The van der Waals surface area contributed by atoms with Crippen LogP contribution in [0.15, 0.2) is 35.0 Å². The molecule has 4 nitrogen and oxygen atoms in total. The van der Waals surface area contributed by atoms with Crippen molar-refractivity contribution in [2.45, 2.75) is 13.5 Å². The van der Waals surface area contributed by atoms with Crippen LogP contribution >= 0.6 is 0 Å². The van der Waals surface area contributed by atoms with Gasteiger partial charge < -0.3 is 9.84 Å². The van der Waals surface area contributed by atoms with Gasteiger partial charge in [-0.3, -0.25) is 4.79 Å². The van der Waals surface area contributed by atoms with Gasteiger partial charge in [0.25, 0.3) is 5.91 Å². The van der Waals surface area contributed by atoms with E-state index in [-0.39, 0.29) is 12.1 Å². The second kappa shape index (κ2) is 4.78. The standard InChI is InChI=1S/C12H11FN2O2/c1-8-2-3-10(11(13)6-8)12(16)14-7-9-4-5-15-17-9/h2-6H,7H2,1H3,(H,14,16). The van der Waals surface area contributed by atoms with E-state index in [0.717, 1.165) is 5.56 Å². The molecule has 0 spiro atoms. The number of aromatic nitrogens is 1. The molecule has 1 N–H and O–H groups in total. The van der Waals surface area contributed by atoms with Crippen LogP contribution in [0, 0.1) is 12.7 Å². The lowest BCUT2D eigenvalue weighted by molar-refractivity contribution is 0.0943. The zero-order valence-electron chi connectivity index (χ0n) is 9.24. The molecule has 0 fully saturated rings. The van der Waals surface area contributed by atoms with Crippen LogP contribution in [0.4, 0.5) is 4.39 Å². The molecule has 0 atom stereocenters. The Hall–Kier alpha value is -2.17. The Morgan fingerprint density at radius 2 is 2.29 bits per heavy atom. The van der Waals surface area contributed by atoms with Gasteiger partial charge in [0.05, 0.1) is 18.3 Å². The normalized spacial score (nSPS) is 10.2. The summed E-state index contributed by atoms with van der Waals surface area (Å²) in [6.07, 6.45) is 1.48. The molecule has 0 saturated heterocycles. The van der Waals surface area contributed by atoms with Gasteiger partial charge >= 0.3 is 0 Å². The highest BCUT2D eigenvalue weighted by Gasteiger charge is 2.11. The first-order valence-corrected chi connectivity index (χ1v) is 5.11. The van der Waals surface area contributed by atoms with E-state index < -0.39 is 11.7 Å². The molecule has 0 aliphatic heterocycles. The summed E-state index contributed by atoms with van der Waals surface area (Å²) in [6.45, 7) is 1.95. The lowest BCUT2D eigenvalue weighted by atomic mass is 10.1. The number of hydrogen-bond donors (Lipinski definition) is 1. The highest BCUT2D eigenvalue weighted by atomic mass is 19.1. The van der Waals surface area contributed by atoms with E-state index in [9.17, 15) is 9.18 Å². The summed E-state index contributed by atoms with van der Waals surface area (Å²) in [6, 6.07) is 6.10. The van der Waals surface area contributed by atoms with Gasteiger partial charge in [-0.1, -0.05) is 11.2 Å². The molecule has 0 aliphatic carbocycles. The second-order valence-electron chi connectivity index (χ2n) is 3.64. The van der Waals surface area contributed by atoms with Gasteiger partial charge in [0.1, 0.15) is 5.82 Å². The van der Waals surface area contributed by atoms with E-state index >= 15 is 0 Å². The van der Waals surface area contributed by atoms with Gasteiger partial charge in [0.15, 0.2) is 5.76 Å². The van der Waals surface area contributed by atoms with Gasteiger partial charge in [-0.05, 0) is 24.6 Å². The summed E-state index contributed by atoms with van der Waals surface area (Å²) < 4.78 is 18.3. The highest BCUT2D eigenvalue weighted by molar-refractivity contribution is 5.94. The molecule has 2 aromatic rings. The maximum atomic E-state index is 13.5. The molecule has 1 amide bonds. The molecule has 1 aromatic carbocycles. The van der Waals surface area contributed by atoms with Crippen LogP contribution in [0.3, 0.4) is 0 Å². The van der Waals surface area contributed by atoms with E-state index in [1.807, 2.05) is 0 Å². The first-order chi connectivity index (χ1) is 8.16. The number of hydrogen-bond acceptors (Lipinski definition) is 3. The molecule has 1 aromatic heterocycles. The van der Waals surface area contributed by atoms with Crippen LogP contribution in [0.25, 0.3) is 0 Å². The van der Waals surface area contributed by atoms with Crippen molar-refractivity contribution in [2.24, 2.45) is 0 Å². The van der Waals surface area contributed by atoms with Gasteiger partial charge in [-0.2, -0.15) is 0 Å². The van der Waals surface area contributed by atoms with Crippen LogP contribution in [-0.4, -0.2) is 11.1 Å². The lowest BCUT2D eigenvalue weighted by Gasteiger charge is -2.04. The number of carbonyl (C=O) groups excluding carboxylic acids is 1. The van der Waals surface area contributed by atoms with E-state index in [2.05, 4.69) is 10.5 Å². The molecule has 0 saturated carbocycles. The Kier molecular flexibility index (Phi) is 3.18. The molecule has 5 heteroatoms. The number of carbonyl (C=O) groups is 1. The Morgan fingerprint density at radius 3 is 2.94 bits per heavy atom. The van der Waals surface area contributed by atoms with E-state index in [0.29, 0.717) is 5.76 Å². The summed E-state index contributed by atoms with van der Waals surface area (Å²) in [5.74, 6) is -0.482. The molecule has 0 bridgehead atoms. The van der Waals surface area contributed by atoms with Gasteiger partial charge in [-0.25, -0.2) is 4.39 Å². The lowest BCUT2D eigenvalue weighted by Crippen LogP contribution is -2.23. The van der Waals surface area contributed by atoms with Gasteiger partial charge in [0.2, 0.25) is 0 Å². The molecular formula is C12H11FN2O2. The number of nitrogens with one attached hydrogen (secondary N) is 1. The number of rotatable bonds is 3. The first-order valence-electron chi connectivity index (χ1n) is 5.11. The van der Waals surface area contributed by atoms with Crippen LogP contribution in [0.5, 0.6) is 0 Å². The fourth-order valence-corrected chi connectivity index (χ4v) is 1.40. The third-order valence-electron chi connectivity index (χ3n) is 2.28. The first kappa shape index (κ1) is 11.3. The van der Waals surface area contributed by atoms with Crippen molar-refractivity contribution in [1.82, 2.24) is 10.5 Å². The van der Waals surface area contributed by atoms with Crippen molar-refractivity contribution in [3.8, 4) is 0 Å². The minimum absolute atomic E-state index is 0.0233. The van der Waals surface area contributed by atoms with Gasteiger partial charge in [-0.15, -0.1) is 0 Å². The van der Waals surface area contributed by atoms with Crippen molar-refractivity contribution in [3.05, 3.63) is 53.2 Å². The third kappa shape index (κ3) is 2.69. The number of benzene rings is 1. The molecule has 0 unspecified atom stereocenters. The quantitative estimate of drug-likeness (QED) is 0.884. The topological polar surface area (TPSA) is 55.1 Å². The minimum atomic E-state index is -0.528. The average molecular weight is 234 g/mol. The van der Waals surface area contributed by atoms with Crippen LogP contribution in [0.2, 0.25) is 0 Å². The Labute approximate surface area is 97.4 Å². The Balaban J connectivity index is 2.04. The fraction of sp³-hybridized carbons (Fsp3) is 0.167. The van der Waals surface area contributed by atoms with E-state index in [1.165, 1.54) is 18.3 Å². The zero-order chi connectivity index (χ0) is 12.3. The maximum absolute atomic E-state index is 13.5. The smallest absolute Gasteiger partial charge is 0.254 e. The van der Waals surface area contributed by atoms with E-state index in [1.54, 1.807) is 19.1 Å². The highest BCUT2D eigenvalue weighted by Crippen LogP contribution is 2.09. The molecule has 0 radical (unpaired) electrons. The molecule has 88 valence electrons. The number of nitrogens with zero attached hydrogens (tertiary/aromatic N) is 1. The summed E-state index contributed by atoms with van der Waals surface area (Å²) in [5.41, 5.74) is 0.796. The maximum Gasteiger partial charge on any atom is 0.254 e. The average Bonchev–Trinajstić information content (AvgIpc) is 2.78. The summed E-state index contributed by atoms with van der Waals surface area (Å²) >= 11 is 0. The van der Waals surface area contributed by atoms with E-state index in [4.69, 9.17) is 4.52 Å². The van der Waals surface area contributed by atoms with Crippen LogP contribution in [0.1, 0.15) is 21.7 Å². The summed E-state index contributed by atoms with van der Waals surface area (Å²) in [4.78, 5) is 11.7. The fourth-order valence-electron chi connectivity index (χ4n) is 1.40. The largest absolute Gasteiger partial charge is 0.360 e. The molecular weight excluding hydrogens is 223 g/mol. The summed E-state index contributed by atoms with van der Waals surface area (Å²) in [5, 5.41) is 6.05. The summed E-state index contributed by atoms with van der Waals surface area (Å²) in [7, 11) is 0. The van der Waals surface area contributed by atoms with Crippen molar-refractivity contribution in [1.29, 1.82) is 0 Å². The monoisotopic (exact) mass is 234 g/mol. The molecule has 2 rings (SSSR count). The van der Waals surface area contributed by atoms with Crippen molar-refractivity contribution in [2.75, 3.05) is 0 Å². The minimum Gasteiger partial charge on any atom is -0.360 e. The molecule has 17 heavy (non-hydrogen) atoms. The zero-order valence-corrected chi connectivity index (χ0v) is 9.24. The second-order valence-corrected chi connectivity index (χ2v) is 3.64. The third-order valence-corrected chi connectivity index (χ3v) is 2.28. The Morgan fingerprint density at radius 1 is 1.47 bits per heavy atom. The SMILES string of the molecule is Cc1ccc(C(=O)NCc2ccno2)c(F)c1. The predicted molar refractivity (Wildman–Crippen MR) is 58.8 cm³/mol. The van der Waals surface area contributed by atoms with Crippen molar-refractivity contribution < 1.29 is 13.7 Å². The van der Waals surface area contributed by atoms with Crippen molar-refractivity contribution >= 4 is 5.91 Å². The van der Waals surface area contributed by atoms with Crippen LogP contribution in [-0.2, 0) is 6.54 Å². The molecule has 1 heterocycles. The van der Waals surface area contributed by atoms with Crippen molar-refractivity contribution in [3.63, 3.8) is 0 Å². The van der Waals surface area contributed by atoms with Crippen LogP contribution < -0.4 is 5.32 Å². The van der Waals surface area contributed by atoms with Gasteiger partial charge in [0, 0.05) is 6.07 Å². The Bertz CT molecular complexity index is 523. The number of aryl methyl sites for hydroxylation is 1. The number of amides is 1. The predicted octanol–water partition coefficient (Wildman–Crippen LogP) is 2.05.